The third-order valence-electron chi connectivity index (χ3n) is 2.97. The van der Waals surface area contributed by atoms with Crippen molar-refractivity contribution in [1.29, 1.82) is 0 Å². The predicted molar refractivity (Wildman–Crippen MR) is 80.3 cm³/mol. The molecule has 0 aliphatic carbocycles. The zero-order chi connectivity index (χ0) is 13.0. The van der Waals surface area contributed by atoms with E-state index in [0.717, 1.165) is 10.6 Å². The van der Waals surface area contributed by atoms with Crippen molar-refractivity contribution >= 4 is 35.1 Å². The Morgan fingerprint density at radius 3 is 3.00 bits per heavy atom. The Kier molecular flexibility index (Phi) is 4.83. The molecule has 0 radical (unpaired) electrons. The third-order valence-corrected chi connectivity index (χ3v) is 5.40. The first-order valence-corrected chi connectivity index (χ1v) is 8.08. The summed E-state index contributed by atoms with van der Waals surface area (Å²) >= 11 is 3.50. The van der Waals surface area contributed by atoms with Crippen LogP contribution in [0.1, 0.15) is 13.3 Å². The van der Waals surface area contributed by atoms with Crippen LogP contribution in [0.5, 0.6) is 0 Å². The Morgan fingerprint density at radius 2 is 2.33 bits per heavy atom. The van der Waals surface area contributed by atoms with E-state index in [1.54, 1.807) is 0 Å². The minimum absolute atomic E-state index is 0.278. The number of anilines is 1. The molecule has 3 N–H and O–H groups in total. The molecule has 1 saturated heterocycles. The number of nitrogens with two attached hydrogens (primary N) is 1. The van der Waals surface area contributed by atoms with Crippen LogP contribution in [0.25, 0.3) is 0 Å². The van der Waals surface area contributed by atoms with Crippen LogP contribution >= 0.6 is 23.5 Å². The Hall–Kier alpha value is -0.810. The van der Waals surface area contributed by atoms with E-state index in [1.165, 1.54) is 23.9 Å². The van der Waals surface area contributed by atoms with Gasteiger partial charge in [-0.25, -0.2) is 0 Å². The molecule has 18 heavy (non-hydrogen) atoms. The molecule has 1 aromatic rings. The number of carbonyl (C=O) groups excluding carboxylic acids is 1. The second-order valence-corrected chi connectivity index (χ2v) is 6.87. The zero-order valence-corrected chi connectivity index (χ0v) is 12.0. The van der Waals surface area contributed by atoms with E-state index in [4.69, 9.17) is 5.73 Å². The Labute approximate surface area is 116 Å². The molecule has 2 rings (SSSR count). The van der Waals surface area contributed by atoms with Gasteiger partial charge in [0.25, 0.3) is 0 Å². The molecule has 1 amide bonds. The number of amides is 1. The van der Waals surface area contributed by atoms with Crippen molar-refractivity contribution in [2.45, 2.75) is 29.5 Å². The van der Waals surface area contributed by atoms with E-state index in [-0.39, 0.29) is 5.91 Å². The maximum atomic E-state index is 10.9. The molecule has 98 valence electrons. The Balaban J connectivity index is 2.04. The minimum atomic E-state index is -0.278. The number of thioether (sulfide) groups is 2. The topological polar surface area (TPSA) is 55.1 Å². The lowest BCUT2D eigenvalue weighted by Gasteiger charge is -2.20. The van der Waals surface area contributed by atoms with Crippen LogP contribution in [0.2, 0.25) is 0 Å². The first-order valence-electron chi connectivity index (χ1n) is 6.05. The van der Waals surface area contributed by atoms with Crippen LogP contribution in [0.4, 0.5) is 5.69 Å². The zero-order valence-electron chi connectivity index (χ0n) is 10.4. The molecular formula is C13H18N2OS2. The van der Waals surface area contributed by atoms with E-state index in [2.05, 4.69) is 18.3 Å². The molecule has 0 spiro atoms. The number of benzene rings is 1. The number of hydrogen-bond acceptors (Lipinski definition) is 4. The largest absolute Gasteiger partial charge is 0.380 e. The van der Waals surface area contributed by atoms with Crippen LogP contribution in [0.3, 0.4) is 0 Å². The highest BCUT2D eigenvalue weighted by Crippen LogP contribution is 2.32. The highest BCUT2D eigenvalue weighted by Gasteiger charge is 2.24. The van der Waals surface area contributed by atoms with Gasteiger partial charge < -0.3 is 11.1 Å². The van der Waals surface area contributed by atoms with Gasteiger partial charge in [-0.1, -0.05) is 19.1 Å². The predicted octanol–water partition coefficient (Wildman–Crippen LogP) is 2.57. The summed E-state index contributed by atoms with van der Waals surface area (Å²) < 4.78 is 0. The molecular weight excluding hydrogens is 264 g/mol. The van der Waals surface area contributed by atoms with Gasteiger partial charge in [-0.3, -0.25) is 4.79 Å². The van der Waals surface area contributed by atoms with Crippen molar-refractivity contribution in [3.8, 4) is 0 Å². The Morgan fingerprint density at radius 1 is 1.56 bits per heavy atom. The second kappa shape index (κ2) is 6.38. The van der Waals surface area contributed by atoms with Crippen molar-refractivity contribution in [3.05, 3.63) is 24.3 Å². The molecule has 5 heteroatoms. The van der Waals surface area contributed by atoms with Gasteiger partial charge >= 0.3 is 0 Å². The van der Waals surface area contributed by atoms with E-state index in [1.807, 2.05) is 30.0 Å². The van der Waals surface area contributed by atoms with Gasteiger partial charge in [0, 0.05) is 21.9 Å². The van der Waals surface area contributed by atoms with Gasteiger partial charge in [0.1, 0.15) is 0 Å². The van der Waals surface area contributed by atoms with E-state index < -0.39 is 0 Å². The van der Waals surface area contributed by atoms with Crippen LogP contribution in [0.15, 0.2) is 29.2 Å². The highest BCUT2D eigenvalue weighted by atomic mass is 32.2. The van der Waals surface area contributed by atoms with Crippen molar-refractivity contribution in [3.63, 3.8) is 0 Å². The molecule has 1 heterocycles. The molecule has 0 bridgehead atoms. The van der Waals surface area contributed by atoms with Gasteiger partial charge in [0.05, 0.1) is 5.75 Å². The molecule has 0 saturated carbocycles. The standard InChI is InChI=1S/C13H18N2OS2/c1-9-10(6-7-17-9)15-11-4-2-3-5-12(11)18-8-13(14)16/h2-5,9-10,15H,6-8H2,1H3,(H2,14,16). The number of primary amides is 1. The fraction of sp³-hybridized carbons (Fsp3) is 0.462. The normalized spacial score (nSPS) is 22.9. The lowest BCUT2D eigenvalue weighted by Crippen LogP contribution is -2.25. The van der Waals surface area contributed by atoms with Crippen molar-refractivity contribution < 1.29 is 4.79 Å². The molecule has 1 aliphatic rings. The molecule has 3 nitrogen and oxygen atoms in total. The van der Waals surface area contributed by atoms with Gasteiger partial charge in [-0.05, 0) is 24.3 Å². The summed E-state index contributed by atoms with van der Waals surface area (Å²) in [6.45, 7) is 2.26. The van der Waals surface area contributed by atoms with E-state index >= 15 is 0 Å². The maximum Gasteiger partial charge on any atom is 0.227 e. The van der Waals surface area contributed by atoms with Crippen molar-refractivity contribution in [2.75, 3.05) is 16.8 Å². The fourth-order valence-corrected chi connectivity index (χ4v) is 3.93. The molecule has 2 unspecified atom stereocenters. The summed E-state index contributed by atoms with van der Waals surface area (Å²) in [6, 6.07) is 8.62. The number of para-hydroxylation sites is 1. The SMILES string of the molecule is CC1SCCC1Nc1ccccc1SCC(N)=O. The minimum Gasteiger partial charge on any atom is -0.380 e. The summed E-state index contributed by atoms with van der Waals surface area (Å²) in [5.74, 6) is 1.27. The summed E-state index contributed by atoms with van der Waals surface area (Å²) in [5.41, 5.74) is 6.31. The smallest absolute Gasteiger partial charge is 0.227 e. The van der Waals surface area contributed by atoms with Crippen molar-refractivity contribution in [2.24, 2.45) is 5.73 Å². The quantitative estimate of drug-likeness (QED) is 0.815. The summed E-state index contributed by atoms with van der Waals surface area (Å²) in [5, 5.41) is 4.23. The molecule has 1 aliphatic heterocycles. The third kappa shape index (κ3) is 3.59. The second-order valence-electron chi connectivity index (χ2n) is 4.37. The van der Waals surface area contributed by atoms with E-state index in [9.17, 15) is 4.79 Å². The van der Waals surface area contributed by atoms with Crippen LogP contribution in [0, 0.1) is 0 Å². The molecule has 2 atom stereocenters. The lowest BCUT2D eigenvalue weighted by atomic mass is 10.1. The molecule has 1 aromatic carbocycles. The number of hydrogen-bond donors (Lipinski definition) is 2. The Bertz CT molecular complexity index is 425. The summed E-state index contributed by atoms with van der Waals surface area (Å²) in [4.78, 5) is 12.0. The number of carbonyl (C=O) groups is 1. The summed E-state index contributed by atoms with van der Waals surface area (Å²) in [6.07, 6.45) is 1.20. The van der Waals surface area contributed by atoms with Gasteiger partial charge in [0.15, 0.2) is 0 Å². The first-order chi connectivity index (χ1) is 8.66. The van der Waals surface area contributed by atoms with Gasteiger partial charge in [-0.2, -0.15) is 11.8 Å². The monoisotopic (exact) mass is 282 g/mol. The van der Waals surface area contributed by atoms with E-state index in [0.29, 0.717) is 17.0 Å². The number of rotatable bonds is 5. The first kappa shape index (κ1) is 13.6. The van der Waals surface area contributed by atoms with Crippen molar-refractivity contribution in [1.82, 2.24) is 0 Å². The average Bonchev–Trinajstić information content (AvgIpc) is 2.74. The summed E-state index contributed by atoms with van der Waals surface area (Å²) in [7, 11) is 0. The molecule has 1 fully saturated rings. The average molecular weight is 282 g/mol. The lowest BCUT2D eigenvalue weighted by molar-refractivity contribution is -0.115. The number of nitrogens with one attached hydrogen (secondary N) is 1. The molecule has 0 aromatic heterocycles. The maximum absolute atomic E-state index is 10.9. The van der Waals surface area contributed by atoms with Gasteiger partial charge in [0.2, 0.25) is 5.91 Å². The van der Waals surface area contributed by atoms with Crippen LogP contribution < -0.4 is 11.1 Å². The van der Waals surface area contributed by atoms with Crippen LogP contribution in [-0.2, 0) is 4.79 Å². The van der Waals surface area contributed by atoms with Crippen LogP contribution in [-0.4, -0.2) is 28.7 Å². The van der Waals surface area contributed by atoms with Gasteiger partial charge in [-0.15, -0.1) is 11.8 Å². The highest BCUT2D eigenvalue weighted by molar-refractivity contribution is 8.00. The fourth-order valence-electron chi connectivity index (χ4n) is 1.98.